The van der Waals surface area contributed by atoms with Crippen LogP contribution in [0.2, 0.25) is 5.02 Å². The van der Waals surface area contributed by atoms with E-state index >= 15 is 0 Å². The summed E-state index contributed by atoms with van der Waals surface area (Å²) in [4.78, 5) is 16.0. The maximum Gasteiger partial charge on any atom is 0.244 e. The Morgan fingerprint density at radius 3 is 2.72 bits per heavy atom. The molecule has 0 unspecified atom stereocenters. The number of ether oxygens (including phenoxy) is 1. The van der Waals surface area contributed by atoms with E-state index in [0.717, 1.165) is 45.2 Å². The Morgan fingerprint density at radius 2 is 1.92 bits per heavy atom. The minimum atomic E-state index is -0.139. The summed E-state index contributed by atoms with van der Waals surface area (Å²) in [6.45, 7) is 4.91. The van der Waals surface area contributed by atoms with Gasteiger partial charge in [-0.1, -0.05) is 41.9 Å². The molecule has 36 heavy (non-hydrogen) atoms. The fraction of sp³-hybridized carbons (Fsp3) is 0.167. The molecule has 0 spiro atoms. The molecular formula is C30H27ClN2O3. The van der Waals surface area contributed by atoms with E-state index in [1.54, 1.807) is 12.3 Å². The smallest absolute Gasteiger partial charge is 0.244 e. The molecule has 0 saturated heterocycles. The number of aromatic nitrogens is 1. The number of H-pyrrole nitrogens is 1. The van der Waals surface area contributed by atoms with Crippen molar-refractivity contribution in [3.8, 4) is 16.9 Å². The van der Waals surface area contributed by atoms with Gasteiger partial charge in [-0.25, -0.2) is 0 Å². The molecule has 182 valence electrons. The summed E-state index contributed by atoms with van der Waals surface area (Å²) in [6, 6.07) is 19.7. The first-order valence-corrected chi connectivity index (χ1v) is 12.4. The summed E-state index contributed by atoms with van der Waals surface area (Å²) in [5, 5.41) is 5.82. The van der Waals surface area contributed by atoms with Crippen molar-refractivity contribution < 1.29 is 13.9 Å². The molecule has 0 aliphatic rings. The van der Waals surface area contributed by atoms with Crippen molar-refractivity contribution in [2.75, 3.05) is 13.2 Å². The molecule has 5 aromatic rings. The summed E-state index contributed by atoms with van der Waals surface area (Å²) in [5.41, 5.74) is 6.65. The molecule has 0 atom stereocenters. The topological polar surface area (TPSA) is 67.3 Å². The van der Waals surface area contributed by atoms with Gasteiger partial charge in [-0.05, 0) is 61.2 Å². The lowest BCUT2D eigenvalue weighted by atomic mass is 9.99. The summed E-state index contributed by atoms with van der Waals surface area (Å²) in [7, 11) is 0. The fourth-order valence-electron chi connectivity index (χ4n) is 4.48. The molecular weight excluding hydrogens is 472 g/mol. The standard InChI is InChI=1S/C30H27ClN2O3/c1-3-35-28-16-29-25(26(18-36-29)20-8-10-22(31)11-9-20)15-24(28)19(2)14-30(34)32-13-12-21-17-33-27-7-5-4-6-23(21)27/h4-11,14-18,33H,3,12-13H2,1-2H3,(H,32,34)/b19-14+. The summed E-state index contributed by atoms with van der Waals surface area (Å²) >= 11 is 6.07. The summed E-state index contributed by atoms with van der Waals surface area (Å²) in [6.07, 6.45) is 6.12. The number of benzene rings is 3. The number of aromatic amines is 1. The second-order valence-electron chi connectivity index (χ2n) is 8.66. The number of rotatable bonds is 8. The third kappa shape index (κ3) is 4.88. The molecule has 2 heterocycles. The van der Waals surface area contributed by atoms with Gasteiger partial charge in [-0.2, -0.15) is 0 Å². The molecule has 0 bridgehead atoms. The van der Waals surface area contributed by atoms with Crippen LogP contribution in [-0.4, -0.2) is 24.0 Å². The van der Waals surface area contributed by atoms with Crippen molar-refractivity contribution >= 4 is 45.0 Å². The average Bonchev–Trinajstić information content (AvgIpc) is 3.48. The fourth-order valence-corrected chi connectivity index (χ4v) is 4.60. The number of carbonyl (C=O) groups is 1. The molecule has 0 saturated carbocycles. The zero-order valence-electron chi connectivity index (χ0n) is 20.2. The largest absolute Gasteiger partial charge is 0.493 e. The lowest BCUT2D eigenvalue weighted by Crippen LogP contribution is -2.23. The first kappa shape index (κ1) is 23.8. The van der Waals surface area contributed by atoms with Gasteiger partial charge in [0, 0.05) is 57.3 Å². The van der Waals surface area contributed by atoms with Gasteiger partial charge in [0.05, 0.1) is 12.9 Å². The number of hydrogen-bond acceptors (Lipinski definition) is 3. The monoisotopic (exact) mass is 498 g/mol. The normalized spacial score (nSPS) is 11.8. The highest BCUT2D eigenvalue weighted by atomic mass is 35.5. The van der Waals surface area contributed by atoms with E-state index in [-0.39, 0.29) is 5.91 Å². The van der Waals surface area contributed by atoms with Gasteiger partial charge >= 0.3 is 0 Å². The zero-order valence-corrected chi connectivity index (χ0v) is 21.0. The number of nitrogens with one attached hydrogen (secondary N) is 2. The molecule has 6 heteroatoms. The summed E-state index contributed by atoms with van der Waals surface area (Å²) < 4.78 is 11.7. The second-order valence-corrected chi connectivity index (χ2v) is 9.10. The van der Waals surface area contributed by atoms with Crippen LogP contribution in [0.25, 0.3) is 38.6 Å². The molecule has 0 aliphatic heterocycles. The quantitative estimate of drug-likeness (QED) is 0.219. The highest BCUT2D eigenvalue weighted by Gasteiger charge is 2.15. The Balaban J connectivity index is 1.37. The van der Waals surface area contributed by atoms with Gasteiger partial charge in [0.1, 0.15) is 11.3 Å². The third-order valence-corrected chi connectivity index (χ3v) is 6.52. The van der Waals surface area contributed by atoms with Crippen LogP contribution in [0, 0.1) is 0 Å². The van der Waals surface area contributed by atoms with Crippen molar-refractivity contribution in [1.82, 2.24) is 10.3 Å². The predicted octanol–water partition coefficient (Wildman–Crippen LogP) is 7.40. The van der Waals surface area contributed by atoms with Crippen LogP contribution < -0.4 is 10.1 Å². The van der Waals surface area contributed by atoms with Gasteiger partial charge in [0.15, 0.2) is 0 Å². The number of amides is 1. The molecule has 2 aromatic heterocycles. The maximum absolute atomic E-state index is 12.8. The minimum absolute atomic E-state index is 0.139. The van der Waals surface area contributed by atoms with Gasteiger partial charge in [-0.3, -0.25) is 4.79 Å². The third-order valence-electron chi connectivity index (χ3n) is 6.27. The van der Waals surface area contributed by atoms with Crippen molar-refractivity contribution in [3.63, 3.8) is 0 Å². The lowest BCUT2D eigenvalue weighted by molar-refractivity contribution is -0.116. The zero-order chi connectivity index (χ0) is 25.1. The van der Waals surface area contributed by atoms with Crippen molar-refractivity contribution in [3.05, 3.63) is 95.3 Å². The van der Waals surface area contributed by atoms with Crippen molar-refractivity contribution in [2.24, 2.45) is 0 Å². The minimum Gasteiger partial charge on any atom is -0.493 e. The van der Waals surface area contributed by atoms with E-state index in [2.05, 4.69) is 22.4 Å². The SMILES string of the molecule is CCOc1cc2occ(-c3ccc(Cl)cc3)c2cc1/C(C)=C/C(=O)NCCc1c[nH]c2ccccc12. The van der Waals surface area contributed by atoms with Gasteiger partial charge < -0.3 is 19.5 Å². The molecule has 1 amide bonds. The van der Waals surface area contributed by atoms with Crippen LogP contribution in [0.15, 0.2) is 83.6 Å². The number of furan rings is 1. The number of halogens is 1. The lowest BCUT2D eigenvalue weighted by Gasteiger charge is -2.12. The van der Waals surface area contributed by atoms with Crippen molar-refractivity contribution in [2.45, 2.75) is 20.3 Å². The highest BCUT2D eigenvalue weighted by Crippen LogP contribution is 2.37. The molecule has 0 aliphatic carbocycles. The first-order valence-electron chi connectivity index (χ1n) is 12.0. The van der Waals surface area contributed by atoms with Crippen molar-refractivity contribution in [1.29, 1.82) is 0 Å². The Bertz CT molecular complexity index is 1560. The molecule has 5 rings (SSSR count). The molecule has 3 aromatic carbocycles. The Kier molecular flexibility index (Phi) is 6.83. The van der Waals surface area contributed by atoms with Crippen LogP contribution in [0.3, 0.4) is 0 Å². The number of carbonyl (C=O) groups excluding carboxylic acids is 1. The Hall–Kier alpha value is -3.96. The van der Waals surface area contributed by atoms with E-state index in [1.807, 2.05) is 68.6 Å². The molecule has 2 N–H and O–H groups in total. The van der Waals surface area contributed by atoms with E-state index in [9.17, 15) is 4.79 Å². The van der Waals surface area contributed by atoms with Crippen LogP contribution in [-0.2, 0) is 11.2 Å². The van der Waals surface area contributed by atoms with Gasteiger partial charge in [0.2, 0.25) is 5.91 Å². The Labute approximate surface area is 214 Å². The van der Waals surface area contributed by atoms with Crippen LogP contribution in [0.1, 0.15) is 25.0 Å². The first-order chi connectivity index (χ1) is 17.5. The van der Waals surface area contributed by atoms with E-state index < -0.39 is 0 Å². The van der Waals surface area contributed by atoms with E-state index in [0.29, 0.717) is 23.9 Å². The highest BCUT2D eigenvalue weighted by molar-refractivity contribution is 6.30. The molecule has 0 fully saturated rings. The van der Waals surface area contributed by atoms with Crippen LogP contribution >= 0.6 is 11.6 Å². The molecule has 5 nitrogen and oxygen atoms in total. The number of hydrogen-bond donors (Lipinski definition) is 2. The predicted molar refractivity (Wildman–Crippen MR) is 146 cm³/mol. The van der Waals surface area contributed by atoms with Crippen LogP contribution in [0.4, 0.5) is 0 Å². The summed E-state index contributed by atoms with van der Waals surface area (Å²) in [5.74, 6) is 0.544. The number of fused-ring (bicyclic) bond motifs is 2. The van der Waals surface area contributed by atoms with E-state index in [4.69, 9.17) is 20.8 Å². The van der Waals surface area contributed by atoms with Crippen LogP contribution in [0.5, 0.6) is 5.75 Å². The molecule has 0 radical (unpaired) electrons. The van der Waals surface area contributed by atoms with Gasteiger partial charge in [-0.15, -0.1) is 0 Å². The van der Waals surface area contributed by atoms with Gasteiger partial charge in [0.25, 0.3) is 0 Å². The Morgan fingerprint density at radius 1 is 1.11 bits per heavy atom. The second kappa shape index (κ2) is 10.3. The number of para-hydroxylation sites is 1. The number of allylic oxidation sites excluding steroid dienone is 1. The van der Waals surface area contributed by atoms with E-state index in [1.165, 1.54) is 10.9 Å². The average molecular weight is 499 g/mol. The maximum atomic E-state index is 12.8.